The molecule has 0 spiro atoms. The molecule has 0 radical (unpaired) electrons. The third-order valence-corrected chi connectivity index (χ3v) is 5.17. The number of nitrogens with one attached hydrogen (secondary N) is 1. The zero-order valence-corrected chi connectivity index (χ0v) is 17.7. The Balaban J connectivity index is 1.43. The molecule has 1 aliphatic rings. The quantitative estimate of drug-likeness (QED) is 0.494. The molecule has 3 N–H and O–H groups in total. The Morgan fingerprint density at radius 3 is 2.72 bits per heavy atom. The number of carbonyl (C=O) groups excluding carboxylic acids is 1. The minimum Gasteiger partial charge on any atom is -0.486 e. The van der Waals surface area contributed by atoms with E-state index in [1.165, 1.54) is 6.26 Å². The Kier molecular flexibility index (Phi) is 6.91. The van der Waals surface area contributed by atoms with Crippen LogP contribution in [0.2, 0.25) is 0 Å². The fourth-order valence-electron chi connectivity index (χ4n) is 3.48. The molecule has 0 unspecified atom stereocenters. The summed E-state index contributed by atoms with van der Waals surface area (Å²) in [4.78, 5) is 24.9. The van der Waals surface area contributed by atoms with E-state index in [0.717, 1.165) is 19.3 Å². The van der Waals surface area contributed by atoms with E-state index in [-0.39, 0.29) is 17.9 Å². The van der Waals surface area contributed by atoms with Crippen molar-refractivity contribution in [1.29, 1.82) is 0 Å². The number of hydrogen-bond donors (Lipinski definition) is 2. The van der Waals surface area contributed by atoms with E-state index in [0.29, 0.717) is 65.6 Å². The molecule has 4 rings (SSSR count). The van der Waals surface area contributed by atoms with Gasteiger partial charge in [-0.05, 0) is 49.2 Å². The normalized spacial score (nSPS) is 12.5. The van der Waals surface area contributed by atoms with Gasteiger partial charge in [-0.2, -0.15) is 0 Å². The summed E-state index contributed by atoms with van der Waals surface area (Å²) in [5.74, 6) is 1.51. The second-order valence-electron chi connectivity index (χ2n) is 7.48. The highest BCUT2D eigenvalue weighted by atomic mass is 16.6. The number of ether oxygens (including phenoxy) is 3. The van der Waals surface area contributed by atoms with Crippen LogP contribution in [0.1, 0.15) is 19.3 Å². The zero-order chi connectivity index (χ0) is 22.3. The molecule has 168 valence electrons. The minimum atomic E-state index is -0.201. The van der Waals surface area contributed by atoms with Crippen LogP contribution >= 0.6 is 0 Å². The fourth-order valence-corrected chi connectivity index (χ4v) is 3.48. The van der Waals surface area contributed by atoms with Crippen LogP contribution in [0.3, 0.4) is 0 Å². The van der Waals surface area contributed by atoms with Crippen molar-refractivity contribution in [2.75, 3.05) is 32.9 Å². The summed E-state index contributed by atoms with van der Waals surface area (Å²) in [6.45, 7) is 2.12. The van der Waals surface area contributed by atoms with Crippen LogP contribution in [0.4, 0.5) is 0 Å². The van der Waals surface area contributed by atoms with Gasteiger partial charge in [0.15, 0.2) is 23.5 Å². The lowest BCUT2D eigenvalue weighted by atomic mass is 10.0. The smallest absolute Gasteiger partial charge is 0.257 e. The molecule has 0 atom stereocenters. The molecule has 2 heterocycles. The summed E-state index contributed by atoms with van der Waals surface area (Å²) >= 11 is 0. The lowest BCUT2D eigenvalue weighted by Gasteiger charge is -2.18. The Hall–Kier alpha value is -3.52. The van der Waals surface area contributed by atoms with Gasteiger partial charge in [0.2, 0.25) is 0 Å². The molecular weight excluding hydrogens is 412 g/mol. The molecule has 1 aliphatic heterocycles. The number of rotatable bonds is 9. The van der Waals surface area contributed by atoms with Crippen LogP contribution in [0.5, 0.6) is 17.2 Å². The monoisotopic (exact) mass is 438 g/mol. The standard InChI is InChI=1S/C24H26N2O6/c25-8-2-1-3-9-26-23(27)15-31-17-5-6-18-21(13-17)32-14-19(24(18)28)16-4-7-20-22(12-16)30-11-10-29-20/h4-7,12-14H,1-3,8-11,15,25H2,(H,26,27). The van der Waals surface area contributed by atoms with E-state index in [2.05, 4.69) is 5.32 Å². The van der Waals surface area contributed by atoms with Crippen molar-refractivity contribution in [3.63, 3.8) is 0 Å². The average molecular weight is 438 g/mol. The Morgan fingerprint density at radius 2 is 1.88 bits per heavy atom. The molecule has 0 bridgehead atoms. The van der Waals surface area contributed by atoms with E-state index in [9.17, 15) is 9.59 Å². The molecule has 0 saturated carbocycles. The maximum atomic E-state index is 13.0. The van der Waals surface area contributed by atoms with E-state index >= 15 is 0 Å². The summed E-state index contributed by atoms with van der Waals surface area (Å²) in [7, 11) is 0. The first-order valence-corrected chi connectivity index (χ1v) is 10.7. The number of amides is 1. The summed E-state index contributed by atoms with van der Waals surface area (Å²) in [6.07, 6.45) is 4.24. The number of fused-ring (bicyclic) bond motifs is 2. The van der Waals surface area contributed by atoms with Crippen LogP contribution in [0.25, 0.3) is 22.1 Å². The van der Waals surface area contributed by atoms with Gasteiger partial charge in [0.1, 0.15) is 30.8 Å². The van der Waals surface area contributed by atoms with Crippen LogP contribution in [0, 0.1) is 0 Å². The minimum absolute atomic E-state index is 0.109. The van der Waals surface area contributed by atoms with E-state index in [1.54, 1.807) is 36.4 Å². The summed E-state index contributed by atoms with van der Waals surface area (Å²) < 4.78 is 22.4. The first-order chi connectivity index (χ1) is 15.7. The van der Waals surface area contributed by atoms with E-state index < -0.39 is 0 Å². The molecule has 8 heteroatoms. The average Bonchev–Trinajstić information content (AvgIpc) is 2.82. The second kappa shape index (κ2) is 10.2. The molecule has 0 saturated heterocycles. The zero-order valence-electron chi connectivity index (χ0n) is 17.7. The van der Waals surface area contributed by atoms with Crippen molar-refractivity contribution >= 4 is 16.9 Å². The maximum Gasteiger partial charge on any atom is 0.257 e. The van der Waals surface area contributed by atoms with Crippen LogP contribution in [0.15, 0.2) is 51.9 Å². The van der Waals surface area contributed by atoms with Crippen molar-refractivity contribution in [2.24, 2.45) is 5.73 Å². The van der Waals surface area contributed by atoms with Gasteiger partial charge in [-0.3, -0.25) is 9.59 Å². The van der Waals surface area contributed by atoms with Crippen LogP contribution in [-0.2, 0) is 4.79 Å². The first-order valence-electron chi connectivity index (χ1n) is 10.7. The Bertz CT molecular complexity index is 1160. The highest BCUT2D eigenvalue weighted by Crippen LogP contribution is 2.34. The number of benzene rings is 2. The predicted octanol–water partition coefficient (Wildman–Crippen LogP) is 2.86. The van der Waals surface area contributed by atoms with Crippen molar-refractivity contribution in [3.8, 4) is 28.4 Å². The first kappa shape index (κ1) is 21.7. The molecule has 8 nitrogen and oxygen atoms in total. The van der Waals surface area contributed by atoms with Crippen molar-refractivity contribution in [1.82, 2.24) is 5.32 Å². The van der Waals surface area contributed by atoms with Gasteiger partial charge in [0.05, 0.1) is 10.9 Å². The lowest BCUT2D eigenvalue weighted by Crippen LogP contribution is -2.29. The SMILES string of the molecule is NCCCCCNC(=O)COc1ccc2c(=O)c(-c3ccc4c(c3)OCCO4)coc2c1. The highest BCUT2D eigenvalue weighted by Gasteiger charge is 2.16. The number of carbonyl (C=O) groups is 1. The van der Waals surface area contributed by atoms with Crippen LogP contribution in [-0.4, -0.2) is 38.8 Å². The molecule has 0 aliphatic carbocycles. The predicted molar refractivity (Wildman–Crippen MR) is 120 cm³/mol. The van der Waals surface area contributed by atoms with Gasteiger partial charge in [-0.15, -0.1) is 0 Å². The van der Waals surface area contributed by atoms with Crippen LogP contribution < -0.4 is 30.7 Å². The van der Waals surface area contributed by atoms with Gasteiger partial charge in [0, 0.05) is 12.6 Å². The highest BCUT2D eigenvalue weighted by molar-refractivity contribution is 5.83. The van der Waals surface area contributed by atoms with Gasteiger partial charge in [-0.1, -0.05) is 12.5 Å². The molecule has 1 amide bonds. The van der Waals surface area contributed by atoms with Gasteiger partial charge in [-0.25, -0.2) is 0 Å². The largest absolute Gasteiger partial charge is 0.486 e. The molecule has 1 aromatic heterocycles. The third-order valence-electron chi connectivity index (χ3n) is 5.17. The second-order valence-corrected chi connectivity index (χ2v) is 7.48. The summed E-state index contributed by atoms with van der Waals surface area (Å²) in [6, 6.07) is 10.3. The fraction of sp³-hybridized carbons (Fsp3) is 0.333. The maximum absolute atomic E-state index is 13.0. The van der Waals surface area contributed by atoms with Crippen molar-refractivity contribution < 1.29 is 23.4 Å². The molecule has 32 heavy (non-hydrogen) atoms. The molecular formula is C24H26N2O6. The lowest BCUT2D eigenvalue weighted by molar-refractivity contribution is -0.123. The Labute approximate surface area is 185 Å². The van der Waals surface area contributed by atoms with Gasteiger partial charge in [0.25, 0.3) is 5.91 Å². The Morgan fingerprint density at radius 1 is 1.03 bits per heavy atom. The van der Waals surface area contributed by atoms with Crippen molar-refractivity contribution in [3.05, 3.63) is 52.9 Å². The summed E-state index contributed by atoms with van der Waals surface area (Å²) in [5.41, 5.74) is 6.79. The van der Waals surface area contributed by atoms with Gasteiger partial charge < -0.3 is 29.7 Å². The number of unbranched alkanes of at least 4 members (excludes halogenated alkanes) is 2. The summed E-state index contributed by atoms with van der Waals surface area (Å²) in [5, 5.41) is 3.23. The van der Waals surface area contributed by atoms with E-state index in [1.807, 2.05) is 0 Å². The van der Waals surface area contributed by atoms with Crippen molar-refractivity contribution in [2.45, 2.75) is 19.3 Å². The topological polar surface area (TPSA) is 113 Å². The van der Waals surface area contributed by atoms with E-state index in [4.69, 9.17) is 24.4 Å². The van der Waals surface area contributed by atoms with Gasteiger partial charge >= 0.3 is 0 Å². The molecule has 0 fully saturated rings. The number of hydrogen-bond acceptors (Lipinski definition) is 7. The molecule has 3 aromatic rings. The molecule has 2 aromatic carbocycles. The third kappa shape index (κ3) is 5.03. The number of nitrogens with two attached hydrogens (primary N) is 1.